The van der Waals surface area contributed by atoms with Crippen LogP contribution < -0.4 is 0 Å². The van der Waals surface area contributed by atoms with Gasteiger partial charge in [0.15, 0.2) is 0 Å². The molecule has 3 atom stereocenters. The van der Waals surface area contributed by atoms with E-state index >= 15 is 0 Å². The molecule has 0 saturated carbocycles. The Morgan fingerprint density at radius 1 is 1.04 bits per heavy atom. The number of carbonyl (C=O) groups is 4. The highest BCUT2D eigenvalue weighted by Gasteiger charge is 2.27. The van der Waals surface area contributed by atoms with Gasteiger partial charge in [0.05, 0.1) is 0 Å². The Hall–Kier alpha value is -2.90. The minimum Gasteiger partial charge on any atom is -0.459 e. The lowest BCUT2D eigenvalue weighted by atomic mass is 10.1. The van der Waals surface area contributed by atoms with Crippen LogP contribution in [0, 0.1) is 0 Å². The van der Waals surface area contributed by atoms with Crippen molar-refractivity contribution in [2.24, 2.45) is 0 Å². The van der Waals surface area contributed by atoms with Gasteiger partial charge in [-0.15, -0.1) is 0 Å². The second-order valence-corrected chi connectivity index (χ2v) is 5.55. The fraction of sp³-hybridized carbons (Fsp3) is 0.444. The highest BCUT2D eigenvalue weighted by atomic mass is 16.6. The molecule has 0 aliphatic carbocycles. The average molecular weight is 366 g/mol. The lowest BCUT2D eigenvalue weighted by molar-refractivity contribution is -0.167. The molecule has 142 valence electrons. The van der Waals surface area contributed by atoms with Crippen molar-refractivity contribution in [2.45, 2.75) is 52.4 Å². The molecule has 0 N–H and O–H groups in total. The van der Waals surface area contributed by atoms with E-state index in [-0.39, 0.29) is 6.42 Å². The van der Waals surface area contributed by atoms with Crippen molar-refractivity contribution in [1.29, 1.82) is 0 Å². The molecule has 8 nitrogen and oxygen atoms in total. The molecule has 0 saturated heterocycles. The maximum Gasteiger partial charge on any atom is 0.336 e. The summed E-state index contributed by atoms with van der Waals surface area (Å²) in [4.78, 5) is 44.7. The van der Waals surface area contributed by atoms with Gasteiger partial charge in [0.1, 0.15) is 24.1 Å². The molecule has 0 bridgehead atoms. The van der Waals surface area contributed by atoms with Crippen LogP contribution in [-0.2, 0) is 38.1 Å². The highest BCUT2D eigenvalue weighted by molar-refractivity contribution is 5.86. The molecule has 0 amide bonds. The zero-order valence-electron chi connectivity index (χ0n) is 15.1. The van der Waals surface area contributed by atoms with Gasteiger partial charge in [-0.25, -0.2) is 4.79 Å². The van der Waals surface area contributed by atoms with Crippen LogP contribution in [0.2, 0.25) is 0 Å². The van der Waals surface area contributed by atoms with Gasteiger partial charge in [-0.3, -0.25) is 14.4 Å². The second kappa shape index (κ2) is 10.2. The summed E-state index contributed by atoms with van der Waals surface area (Å²) in [5, 5.41) is 0. The van der Waals surface area contributed by atoms with Crippen LogP contribution in [0.15, 0.2) is 36.1 Å². The van der Waals surface area contributed by atoms with E-state index in [1.807, 2.05) is 0 Å². The second-order valence-electron chi connectivity index (χ2n) is 5.55. The number of allylic oxidation sites excluding steroid dienone is 3. The molecule has 8 heteroatoms. The maximum atomic E-state index is 11.3. The van der Waals surface area contributed by atoms with Gasteiger partial charge in [0.25, 0.3) is 0 Å². The summed E-state index contributed by atoms with van der Waals surface area (Å²) in [6.45, 7) is 5.30. The van der Waals surface area contributed by atoms with E-state index < -0.39 is 42.2 Å². The molecule has 0 radical (unpaired) electrons. The van der Waals surface area contributed by atoms with Crippen molar-refractivity contribution in [1.82, 2.24) is 0 Å². The molecule has 0 aromatic rings. The lowest BCUT2D eigenvalue weighted by Crippen LogP contribution is -2.35. The van der Waals surface area contributed by atoms with E-state index in [4.69, 9.17) is 18.9 Å². The van der Waals surface area contributed by atoms with Gasteiger partial charge in [-0.1, -0.05) is 6.08 Å². The fourth-order valence-corrected chi connectivity index (χ4v) is 2.19. The number of carbonyl (C=O) groups excluding carboxylic acids is 4. The molecule has 0 fully saturated rings. The molecular formula is C18H22O8. The number of hydrogen-bond acceptors (Lipinski definition) is 8. The van der Waals surface area contributed by atoms with Crippen molar-refractivity contribution in [3.05, 3.63) is 36.1 Å². The first kappa shape index (κ1) is 21.1. The Bertz CT molecular complexity index is 644. The van der Waals surface area contributed by atoms with E-state index in [1.165, 1.54) is 39.0 Å². The number of cyclic esters (lactones) is 1. The minimum atomic E-state index is -0.803. The van der Waals surface area contributed by atoms with Crippen molar-refractivity contribution in [3.63, 3.8) is 0 Å². The molecule has 0 spiro atoms. The van der Waals surface area contributed by atoms with Crippen LogP contribution in [-0.4, -0.2) is 42.2 Å². The molecule has 1 aliphatic heterocycles. The van der Waals surface area contributed by atoms with Gasteiger partial charge >= 0.3 is 23.9 Å². The average Bonchev–Trinajstić information content (AvgIpc) is 2.90. The quantitative estimate of drug-likeness (QED) is 0.472. The third kappa shape index (κ3) is 8.27. The normalized spacial score (nSPS) is 18.3. The number of hydrogen-bond donors (Lipinski definition) is 0. The van der Waals surface area contributed by atoms with Crippen LogP contribution in [0.25, 0.3) is 0 Å². The van der Waals surface area contributed by atoms with Crippen molar-refractivity contribution in [3.8, 4) is 0 Å². The van der Waals surface area contributed by atoms with Gasteiger partial charge in [0, 0.05) is 33.3 Å². The molecule has 0 aromatic carbocycles. The summed E-state index contributed by atoms with van der Waals surface area (Å²) in [5.41, 5.74) is 0. The Kier molecular flexibility index (Phi) is 8.27. The van der Waals surface area contributed by atoms with Gasteiger partial charge in [-0.05, 0) is 25.2 Å². The van der Waals surface area contributed by atoms with Crippen LogP contribution in [0.5, 0.6) is 0 Å². The Balaban J connectivity index is 2.85. The summed E-state index contributed by atoms with van der Waals surface area (Å²) in [6, 6.07) is 0. The SMILES string of the molecule is CC(=O)OC(/C=C/C=C1\C=CC(=O)O1)CC(OC(C)=O)C(C)OC(C)=O. The monoisotopic (exact) mass is 366 g/mol. The Labute approximate surface area is 151 Å². The molecule has 1 rings (SSSR count). The summed E-state index contributed by atoms with van der Waals surface area (Å²) in [5.74, 6) is -1.72. The summed E-state index contributed by atoms with van der Waals surface area (Å²) in [6.07, 6.45) is 5.21. The predicted octanol–water partition coefficient (Wildman–Crippen LogP) is 1.74. The standard InChI is InChI=1S/C18H22O8/c1-11(23-12(2)19)17(25-14(4)21)10-16(24-13(3)20)7-5-6-15-8-9-18(22)26-15/h5-9,11,16-17H,10H2,1-4H3/b7-5+,15-6+. The van der Waals surface area contributed by atoms with Crippen molar-refractivity contribution >= 4 is 23.9 Å². The molecule has 3 unspecified atom stereocenters. The van der Waals surface area contributed by atoms with Crippen LogP contribution in [0.4, 0.5) is 0 Å². The van der Waals surface area contributed by atoms with Gasteiger partial charge in [0.2, 0.25) is 0 Å². The number of rotatable bonds is 8. The lowest BCUT2D eigenvalue weighted by Gasteiger charge is -2.26. The third-order valence-corrected chi connectivity index (χ3v) is 3.16. The van der Waals surface area contributed by atoms with Crippen LogP contribution >= 0.6 is 0 Å². The predicted molar refractivity (Wildman–Crippen MR) is 89.4 cm³/mol. The maximum absolute atomic E-state index is 11.3. The smallest absolute Gasteiger partial charge is 0.336 e. The largest absolute Gasteiger partial charge is 0.459 e. The van der Waals surface area contributed by atoms with Gasteiger partial charge in [-0.2, -0.15) is 0 Å². The summed E-state index contributed by atoms with van der Waals surface area (Å²) < 4.78 is 20.3. The fourth-order valence-electron chi connectivity index (χ4n) is 2.19. The summed E-state index contributed by atoms with van der Waals surface area (Å²) >= 11 is 0. The molecule has 26 heavy (non-hydrogen) atoms. The molecular weight excluding hydrogens is 344 g/mol. The summed E-state index contributed by atoms with van der Waals surface area (Å²) in [7, 11) is 0. The minimum absolute atomic E-state index is 0.0862. The van der Waals surface area contributed by atoms with Gasteiger partial charge < -0.3 is 18.9 Å². The first-order valence-corrected chi connectivity index (χ1v) is 7.97. The Morgan fingerprint density at radius 2 is 1.65 bits per heavy atom. The van der Waals surface area contributed by atoms with E-state index in [9.17, 15) is 19.2 Å². The molecule has 1 heterocycles. The van der Waals surface area contributed by atoms with Crippen molar-refractivity contribution in [2.75, 3.05) is 0 Å². The Morgan fingerprint density at radius 3 is 2.15 bits per heavy atom. The van der Waals surface area contributed by atoms with Crippen LogP contribution in [0.3, 0.4) is 0 Å². The molecule has 0 aromatic heterocycles. The molecule has 1 aliphatic rings. The van der Waals surface area contributed by atoms with E-state index in [0.29, 0.717) is 5.76 Å². The van der Waals surface area contributed by atoms with E-state index in [2.05, 4.69) is 0 Å². The first-order chi connectivity index (χ1) is 12.2. The number of ether oxygens (including phenoxy) is 4. The van der Waals surface area contributed by atoms with Crippen LogP contribution in [0.1, 0.15) is 34.1 Å². The number of esters is 4. The zero-order chi connectivity index (χ0) is 19.7. The van der Waals surface area contributed by atoms with E-state index in [0.717, 1.165) is 0 Å². The van der Waals surface area contributed by atoms with E-state index in [1.54, 1.807) is 19.1 Å². The topological polar surface area (TPSA) is 105 Å². The third-order valence-electron chi connectivity index (χ3n) is 3.16. The highest BCUT2D eigenvalue weighted by Crippen LogP contribution is 2.16. The van der Waals surface area contributed by atoms with Crippen molar-refractivity contribution < 1.29 is 38.1 Å². The first-order valence-electron chi connectivity index (χ1n) is 7.97. The zero-order valence-corrected chi connectivity index (χ0v) is 15.1.